The van der Waals surface area contributed by atoms with Crippen LogP contribution in [0.25, 0.3) is 0 Å². The SMILES string of the molecule is CC(C)(C)C12CC(C1)C(=O)CC2=O. The molecule has 0 amide bonds. The van der Waals surface area contributed by atoms with Crippen LogP contribution < -0.4 is 0 Å². The molecule has 0 atom stereocenters. The first-order valence-electron chi connectivity index (χ1n) is 4.93. The van der Waals surface area contributed by atoms with Gasteiger partial charge in [-0.15, -0.1) is 0 Å². The van der Waals surface area contributed by atoms with Gasteiger partial charge in [-0.2, -0.15) is 0 Å². The molecule has 2 bridgehead atoms. The molecule has 0 aromatic heterocycles. The Morgan fingerprint density at radius 3 is 2.15 bits per heavy atom. The van der Waals surface area contributed by atoms with Gasteiger partial charge in [0.15, 0.2) is 0 Å². The van der Waals surface area contributed by atoms with Crippen LogP contribution in [0.4, 0.5) is 0 Å². The van der Waals surface area contributed by atoms with Gasteiger partial charge in [-0.3, -0.25) is 9.59 Å². The molecule has 0 saturated heterocycles. The summed E-state index contributed by atoms with van der Waals surface area (Å²) in [7, 11) is 0. The number of rotatable bonds is 0. The van der Waals surface area contributed by atoms with Crippen LogP contribution in [0, 0.1) is 16.7 Å². The van der Waals surface area contributed by atoms with Gasteiger partial charge in [0.1, 0.15) is 11.6 Å². The number of carbonyl (C=O) groups is 2. The lowest BCUT2D eigenvalue weighted by Gasteiger charge is -2.57. The quantitative estimate of drug-likeness (QED) is 0.534. The molecule has 3 saturated carbocycles. The first-order valence-corrected chi connectivity index (χ1v) is 4.93. The summed E-state index contributed by atoms with van der Waals surface area (Å²) in [5.74, 6) is 0.570. The van der Waals surface area contributed by atoms with Gasteiger partial charge in [-0.25, -0.2) is 0 Å². The lowest BCUT2D eigenvalue weighted by atomic mass is 9.44. The van der Waals surface area contributed by atoms with Crippen molar-refractivity contribution < 1.29 is 9.59 Å². The fourth-order valence-electron chi connectivity index (χ4n) is 2.74. The van der Waals surface area contributed by atoms with E-state index < -0.39 is 0 Å². The van der Waals surface area contributed by atoms with Crippen molar-refractivity contribution in [3.8, 4) is 0 Å². The molecule has 0 unspecified atom stereocenters. The third-order valence-electron chi connectivity index (χ3n) is 3.95. The van der Waals surface area contributed by atoms with E-state index in [2.05, 4.69) is 20.8 Å². The Balaban J connectivity index is 2.31. The van der Waals surface area contributed by atoms with Crippen molar-refractivity contribution in [3.05, 3.63) is 0 Å². The van der Waals surface area contributed by atoms with E-state index in [1.54, 1.807) is 0 Å². The van der Waals surface area contributed by atoms with Crippen LogP contribution in [0.2, 0.25) is 0 Å². The Labute approximate surface area is 78.7 Å². The lowest BCUT2D eigenvalue weighted by molar-refractivity contribution is -0.166. The molecule has 0 aliphatic heterocycles. The van der Waals surface area contributed by atoms with E-state index >= 15 is 0 Å². The predicted octanol–water partition coefficient (Wildman–Crippen LogP) is 1.97. The maximum atomic E-state index is 11.8. The minimum atomic E-state index is -0.161. The Morgan fingerprint density at radius 1 is 1.23 bits per heavy atom. The van der Waals surface area contributed by atoms with Crippen molar-refractivity contribution >= 4 is 11.6 Å². The summed E-state index contributed by atoms with van der Waals surface area (Å²) < 4.78 is 0. The molecular weight excluding hydrogens is 164 g/mol. The van der Waals surface area contributed by atoms with Crippen molar-refractivity contribution in [1.29, 1.82) is 0 Å². The Morgan fingerprint density at radius 2 is 1.77 bits per heavy atom. The molecule has 2 heteroatoms. The number of fused-ring (bicyclic) bond motifs is 2. The highest BCUT2D eigenvalue weighted by atomic mass is 16.2. The van der Waals surface area contributed by atoms with Crippen molar-refractivity contribution in [2.24, 2.45) is 16.7 Å². The Kier molecular flexibility index (Phi) is 1.53. The largest absolute Gasteiger partial charge is 0.299 e. The maximum absolute atomic E-state index is 11.8. The standard InChI is InChI=1S/C11H16O2/c1-10(2,3)11-5-7(6-11)8(12)4-9(11)13/h7H,4-6H2,1-3H3. The van der Waals surface area contributed by atoms with Gasteiger partial charge in [0.25, 0.3) is 0 Å². The normalized spacial score (nSPS) is 38.8. The van der Waals surface area contributed by atoms with Crippen LogP contribution in [-0.2, 0) is 9.59 Å². The molecule has 0 aromatic rings. The summed E-state index contributed by atoms with van der Waals surface area (Å²) in [5, 5.41) is 0. The second-order valence-corrected chi connectivity index (χ2v) is 5.50. The summed E-state index contributed by atoms with van der Waals surface area (Å²) in [5.41, 5.74) is -0.132. The minimum Gasteiger partial charge on any atom is -0.299 e. The first kappa shape index (κ1) is 8.92. The zero-order valence-electron chi connectivity index (χ0n) is 8.52. The van der Waals surface area contributed by atoms with Gasteiger partial charge < -0.3 is 0 Å². The molecule has 3 rings (SSSR count). The van der Waals surface area contributed by atoms with Crippen LogP contribution >= 0.6 is 0 Å². The van der Waals surface area contributed by atoms with Crippen molar-refractivity contribution in [3.63, 3.8) is 0 Å². The summed E-state index contributed by atoms with van der Waals surface area (Å²) in [6.07, 6.45) is 1.82. The number of Topliss-reactive ketones (excluding diaryl/α,β-unsaturated/α-hetero) is 2. The smallest absolute Gasteiger partial charge is 0.146 e. The zero-order valence-corrected chi connectivity index (χ0v) is 8.52. The molecule has 3 aliphatic carbocycles. The molecule has 3 aliphatic rings. The maximum Gasteiger partial charge on any atom is 0.146 e. The van der Waals surface area contributed by atoms with Gasteiger partial charge in [0, 0.05) is 11.3 Å². The van der Waals surface area contributed by atoms with E-state index in [0.717, 1.165) is 12.8 Å². The highest BCUT2D eigenvalue weighted by Crippen LogP contribution is 2.60. The monoisotopic (exact) mass is 180 g/mol. The number of carbonyl (C=O) groups excluding carboxylic acids is 2. The Hall–Kier alpha value is -0.660. The molecule has 3 fully saturated rings. The average molecular weight is 180 g/mol. The molecule has 0 aromatic carbocycles. The van der Waals surface area contributed by atoms with Gasteiger partial charge in [-0.1, -0.05) is 20.8 Å². The molecule has 0 spiro atoms. The molecule has 72 valence electrons. The fourth-order valence-corrected chi connectivity index (χ4v) is 2.74. The van der Waals surface area contributed by atoms with Crippen molar-refractivity contribution in [2.45, 2.75) is 40.0 Å². The third kappa shape index (κ3) is 0.946. The Bertz CT molecular complexity index is 277. The molecule has 0 N–H and O–H groups in total. The van der Waals surface area contributed by atoms with E-state index in [1.807, 2.05) is 0 Å². The minimum absolute atomic E-state index is 0.0291. The lowest BCUT2D eigenvalue weighted by Crippen LogP contribution is -2.59. The summed E-state index contributed by atoms with van der Waals surface area (Å²) in [6.45, 7) is 6.32. The molecule has 13 heavy (non-hydrogen) atoms. The topological polar surface area (TPSA) is 34.1 Å². The number of hydrogen-bond donors (Lipinski definition) is 0. The highest BCUT2D eigenvalue weighted by molar-refractivity contribution is 6.08. The summed E-state index contributed by atoms with van der Waals surface area (Å²) in [6, 6.07) is 0. The van der Waals surface area contributed by atoms with Crippen LogP contribution in [-0.4, -0.2) is 11.6 Å². The van der Waals surface area contributed by atoms with E-state index in [9.17, 15) is 9.59 Å². The second kappa shape index (κ2) is 2.23. The van der Waals surface area contributed by atoms with Gasteiger partial charge >= 0.3 is 0 Å². The van der Waals surface area contributed by atoms with Gasteiger partial charge in [0.2, 0.25) is 0 Å². The zero-order chi connectivity index (χ0) is 9.85. The average Bonchev–Trinajstić information content (AvgIpc) is 1.77. The third-order valence-corrected chi connectivity index (χ3v) is 3.95. The second-order valence-electron chi connectivity index (χ2n) is 5.50. The number of ketones is 2. The van der Waals surface area contributed by atoms with Crippen molar-refractivity contribution in [2.75, 3.05) is 0 Å². The van der Waals surface area contributed by atoms with Crippen LogP contribution in [0.5, 0.6) is 0 Å². The van der Waals surface area contributed by atoms with Crippen LogP contribution in [0.3, 0.4) is 0 Å². The fraction of sp³-hybridized carbons (Fsp3) is 0.818. The number of hydrogen-bond acceptors (Lipinski definition) is 2. The van der Waals surface area contributed by atoms with E-state index in [1.165, 1.54) is 0 Å². The van der Waals surface area contributed by atoms with E-state index in [-0.39, 0.29) is 34.7 Å². The van der Waals surface area contributed by atoms with E-state index in [0.29, 0.717) is 0 Å². The van der Waals surface area contributed by atoms with Gasteiger partial charge in [0.05, 0.1) is 6.42 Å². The first-order chi connectivity index (χ1) is 5.87. The molecule has 0 radical (unpaired) electrons. The van der Waals surface area contributed by atoms with Crippen LogP contribution in [0.1, 0.15) is 40.0 Å². The molecule has 0 heterocycles. The van der Waals surface area contributed by atoms with E-state index in [4.69, 9.17) is 0 Å². The summed E-state index contributed by atoms with van der Waals surface area (Å²) >= 11 is 0. The van der Waals surface area contributed by atoms with Gasteiger partial charge in [-0.05, 0) is 18.3 Å². The van der Waals surface area contributed by atoms with Crippen molar-refractivity contribution in [1.82, 2.24) is 0 Å². The summed E-state index contributed by atoms with van der Waals surface area (Å²) in [4.78, 5) is 23.1. The van der Waals surface area contributed by atoms with Crippen LogP contribution in [0.15, 0.2) is 0 Å². The predicted molar refractivity (Wildman–Crippen MR) is 49.2 cm³/mol. The molecule has 2 nitrogen and oxygen atoms in total. The molecular formula is C11H16O2. The highest BCUT2D eigenvalue weighted by Gasteiger charge is 2.61.